The largest absolute Gasteiger partial charge is 0.0654 e. The standard InChI is InChI=1S/C50H62/c1-10-14-16-37(12-3)28-41-23-36(8)26-46-42(29-38(13-4)17-15-11-2)30-40(31-47(41)46)39-19-21-45-44-20-18-33(5)27-48(44)50(9,49(45)32-39)43-24-34(6)22-35(7)25-43/h18-27,30-32,37-38H,10-17,28-29H2,1-9H3. The maximum Gasteiger partial charge on any atom is 0.0436 e. The highest BCUT2D eigenvalue weighted by Gasteiger charge is 2.41. The third kappa shape index (κ3) is 7.10. The predicted molar refractivity (Wildman–Crippen MR) is 220 cm³/mol. The van der Waals surface area contributed by atoms with E-state index in [-0.39, 0.29) is 5.41 Å². The molecular weight excluding hydrogens is 601 g/mol. The van der Waals surface area contributed by atoms with Crippen LogP contribution in [-0.4, -0.2) is 0 Å². The van der Waals surface area contributed by atoms with E-state index in [2.05, 4.69) is 141 Å². The van der Waals surface area contributed by atoms with Crippen LogP contribution >= 0.6 is 0 Å². The summed E-state index contributed by atoms with van der Waals surface area (Å²) in [7, 11) is 0. The Hall–Kier alpha value is -3.64. The highest BCUT2D eigenvalue weighted by Crippen LogP contribution is 2.54. The Morgan fingerprint density at radius 2 is 1.04 bits per heavy atom. The molecule has 5 aromatic carbocycles. The monoisotopic (exact) mass is 662 g/mol. The van der Waals surface area contributed by atoms with Gasteiger partial charge in [-0.25, -0.2) is 0 Å². The molecule has 1 aliphatic carbocycles. The Kier molecular flexibility index (Phi) is 11.1. The molecule has 0 bridgehead atoms. The number of hydrogen-bond acceptors (Lipinski definition) is 0. The number of rotatable bonds is 14. The Labute approximate surface area is 304 Å². The Balaban J connectivity index is 1.56. The summed E-state index contributed by atoms with van der Waals surface area (Å²) >= 11 is 0. The molecule has 0 N–H and O–H groups in total. The third-order valence-corrected chi connectivity index (χ3v) is 12.2. The van der Waals surface area contributed by atoms with Gasteiger partial charge in [-0.1, -0.05) is 168 Å². The van der Waals surface area contributed by atoms with Crippen LogP contribution in [0.3, 0.4) is 0 Å². The van der Waals surface area contributed by atoms with Gasteiger partial charge in [-0.05, 0) is 132 Å². The molecule has 0 saturated heterocycles. The van der Waals surface area contributed by atoms with Crippen molar-refractivity contribution in [3.8, 4) is 22.3 Å². The van der Waals surface area contributed by atoms with Crippen molar-refractivity contribution >= 4 is 10.8 Å². The first-order valence-corrected chi connectivity index (χ1v) is 20.0. The summed E-state index contributed by atoms with van der Waals surface area (Å²) in [5, 5.41) is 2.98. The minimum Gasteiger partial charge on any atom is -0.0654 e. The lowest BCUT2D eigenvalue weighted by molar-refractivity contribution is 0.449. The summed E-state index contributed by atoms with van der Waals surface area (Å²) in [6.07, 6.45) is 12.7. The maximum atomic E-state index is 2.58. The van der Waals surface area contributed by atoms with E-state index < -0.39 is 0 Å². The summed E-state index contributed by atoms with van der Waals surface area (Å²) in [5.74, 6) is 1.45. The summed E-state index contributed by atoms with van der Waals surface area (Å²) in [5.41, 5.74) is 18.0. The molecule has 50 heavy (non-hydrogen) atoms. The number of fused-ring (bicyclic) bond motifs is 4. The zero-order valence-electron chi connectivity index (χ0n) is 32.7. The smallest absolute Gasteiger partial charge is 0.0436 e. The summed E-state index contributed by atoms with van der Waals surface area (Å²) in [6.45, 7) is 21.0. The van der Waals surface area contributed by atoms with Crippen molar-refractivity contribution in [2.24, 2.45) is 11.8 Å². The van der Waals surface area contributed by atoms with Gasteiger partial charge in [-0.2, -0.15) is 0 Å². The predicted octanol–water partition coefficient (Wildman–Crippen LogP) is 14.6. The lowest BCUT2D eigenvalue weighted by Crippen LogP contribution is -2.23. The molecule has 0 fully saturated rings. The average Bonchev–Trinajstić information content (AvgIpc) is 3.35. The molecule has 0 saturated carbocycles. The molecule has 0 heteroatoms. The van der Waals surface area contributed by atoms with E-state index in [9.17, 15) is 0 Å². The maximum absolute atomic E-state index is 2.58. The van der Waals surface area contributed by atoms with Crippen LogP contribution in [-0.2, 0) is 18.3 Å². The Morgan fingerprint density at radius 3 is 1.64 bits per heavy atom. The van der Waals surface area contributed by atoms with Gasteiger partial charge in [-0.3, -0.25) is 0 Å². The van der Waals surface area contributed by atoms with Gasteiger partial charge in [0.05, 0.1) is 0 Å². The van der Waals surface area contributed by atoms with E-state index in [0.29, 0.717) is 0 Å². The van der Waals surface area contributed by atoms with Crippen molar-refractivity contribution in [1.82, 2.24) is 0 Å². The van der Waals surface area contributed by atoms with Crippen molar-refractivity contribution in [2.45, 2.75) is 132 Å². The molecule has 3 atom stereocenters. The zero-order valence-corrected chi connectivity index (χ0v) is 32.7. The minimum absolute atomic E-state index is 0.216. The van der Waals surface area contributed by atoms with Crippen LogP contribution in [0.5, 0.6) is 0 Å². The van der Waals surface area contributed by atoms with Crippen LogP contribution in [0.15, 0.2) is 78.9 Å². The highest BCUT2D eigenvalue weighted by atomic mass is 14.4. The molecule has 3 unspecified atom stereocenters. The average molecular weight is 663 g/mol. The Bertz CT molecular complexity index is 1950. The van der Waals surface area contributed by atoms with Gasteiger partial charge in [0.2, 0.25) is 0 Å². The van der Waals surface area contributed by atoms with E-state index in [1.54, 1.807) is 11.1 Å². The van der Waals surface area contributed by atoms with E-state index in [1.165, 1.54) is 130 Å². The van der Waals surface area contributed by atoms with E-state index in [0.717, 1.165) is 18.3 Å². The topological polar surface area (TPSA) is 0 Å². The van der Waals surface area contributed by atoms with Crippen LogP contribution in [0.1, 0.15) is 136 Å². The second-order valence-electron chi connectivity index (χ2n) is 16.2. The van der Waals surface area contributed by atoms with Crippen molar-refractivity contribution in [1.29, 1.82) is 0 Å². The fourth-order valence-electron chi connectivity index (χ4n) is 9.18. The molecule has 0 nitrogen and oxygen atoms in total. The number of unbranched alkanes of at least 4 members (excludes halogenated alkanes) is 2. The third-order valence-electron chi connectivity index (χ3n) is 12.2. The Morgan fingerprint density at radius 1 is 0.500 bits per heavy atom. The number of hydrogen-bond donors (Lipinski definition) is 0. The second kappa shape index (κ2) is 15.3. The lowest BCUT2D eigenvalue weighted by atomic mass is 9.73. The molecule has 1 aliphatic rings. The number of aryl methyl sites for hydroxylation is 4. The molecular formula is C50H62. The first-order chi connectivity index (χ1) is 24.1. The summed E-state index contributed by atoms with van der Waals surface area (Å²) in [4.78, 5) is 0. The first kappa shape index (κ1) is 36.2. The van der Waals surface area contributed by atoms with Crippen LogP contribution < -0.4 is 0 Å². The molecule has 0 heterocycles. The first-order valence-electron chi connectivity index (χ1n) is 20.0. The van der Waals surface area contributed by atoms with E-state index >= 15 is 0 Å². The van der Waals surface area contributed by atoms with Crippen molar-refractivity contribution in [3.05, 3.63) is 129 Å². The fourth-order valence-corrected chi connectivity index (χ4v) is 9.18. The van der Waals surface area contributed by atoms with Crippen LogP contribution in [0.25, 0.3) is 33.0 Å². The van der Waals surface area contributed by atoms with Gasteiger partial charge in [0.25, 0.3) is 0 Å². The van der Waals surface area contributed by atoms with Crippen molar-refractivity contribution < 1.29 is 0 Å². The van der Waals surface area contributed by atoms with E-state index in [4.69, 9.17) is 0 Å². The van der Waals surface area contributed by atoms with Crippen LogP contribution in [0, 0.1) is 39.5 Å². The molecule has 6 rings (SSSR count). The van der Waals surface area contributed by atoms with E-state index in [1.807, 2.05) is 0 Å². The van der Waals surface area contributed by atoms with Gasteiger partial charge in [0.1, 0.15) is 0 Å². The van der Waals surface area contributed by atoms with Crippen molar-refractivity contribution in [2.75, 3.05) is 0 Å². The molecule has 0 spiro atoms. The number of benzene rings is 5. The van der Waals surface area contributed by atoms with Gasteiger partial charge in [0.15, 0.2) is 0 Å². The normalized spacial score (nSPS) is 16.4. The van der Waals surface area contributed by atoms with Crippen LogP contribution in [0.2, 0.25) is 0 Å². The quantitative estimate of drug-likeness (QED) is 0.111. The highest BCUT2D eigenvalue weighted by molar-refractivity contribution is 5.94. The molecule has 0 radical (unpaired) electrons. The van der Waals surface area contributed by atoms with Gasteiger partial charge < -0.3 is 0 Å². The van der Waals surface area contributed by atoms with Gasteiger partial charge in [-0.15, -0.1) is 0 Å². The second-order valence-corrected chi connectivity index (χ2v) is 16.2. The molecule has 0 amide bonds. The lowest BCUT2D eigenvalue weighted by Gasteiger charge is -2.30. The summed E-state index contributed by atoms with van der Waals surface area (Å²) < 4.78 is 0. The SMILES string of the molecule is CCCCC(CC)Cc1cc(-c2ccc3c(c2)C(C)(c2cc(C)cc(C)c2)c2cc(C)ccc2-3)cc2c(CC(CC)CCCC)cc(C)cc12. The van der Waals surface area contributed by atoms with Crippen LogP contribution in [0.4, 0.5) is 0 Å². The zero-order chi connectivity index (χ0) is 35.6. The minimum atomic E-state index is -0.216. The summed E-state index contributed by atoms with van der Waals surface area (Å²) in [6, 6.07) is 31.8. The van der Waals surface area contributed by atoms with Gasteiger partial charge >= 0.3 is 0 Å². The molecule has 262 valence electrons. The van der Waals surface area contributed by atoms with Crippen molar-refractivity contribution in [3.63, 3.8) is 0 Å². The fraction of sp³-hybridized carbons (Fsp3) is 0.440. The molecule has 0 aromatic heterocycles. The van der Waals surface area contributed by atoms with Gasteiger partial charge in [0, 0.05) is 5.41 Å². The molecule has 5 aromatic rings. The molecule has 0 aliphatic heterocycles.